The van der Waals surface area contributed by atoms with Gasteiger partial charge in [-0.15, -0.1) is 0 Å². The maximum atomic E-state index is 10.4. The monoisotopic (exact) mass is 296 g/mol. The zero-order chi connectivity index (χ0) is 16.5. The molecule has 3 heteroatoms. The molecule has 0 spiro atoms. The number of nitrogens with zero attached hydrogens (tertiary/aromatic N) is 1. The van der Waals surface area contributed by atoms with Crippen LogP contribution in [0.3, 0.4) is 0 Å². The first kappa shape index (κ1) is 20.1. The third-order valence-electron chi connectivity index (χ3n) is 4.33. The first-order chi connectivity index (χ1) is 9.73. The maximum Gasteiger partial charge on any atom is 0.129 e. The Labute approximate surface area is 132 Å². The molecule has 1 N–H and O–H groups in total. The number of hydrazone groups is 1. The molecule has 0 saturated heterocycles. The number of ketones is 1. The summed E-state index contributed by atoms with van der Waals surface area (Å²) >= 11 is 0. The van der Waals surface area contributed by atoms with Crippen LogP contribution in [0.4, 0.5) is 0 Å². The number of carbonyl (C=O) groups is 1. The predicted molar refractivity (Wildman–Crippen MR) is 92.7 cm³/mol. The smallest absolute Gasteiger partial charge is 0.129 e. The molecular formula is C18H36N2O. The van der Waals surface area contributed by atoms with Gasteiger partial charge in [0.15, 0.2) is 0 Å². The number of rotatable bonds is 7. The largest absolute Gasteiger partial charge is 0.304 e. The molecule has 1 atom stereocenters. The van der Waals surface area contributed by atoms with Crippen LogP contribution in [0, 0.1) is 11.8 Å². The van der Waals surface area contributed by atoms with Gasteiger partial charge in [-0.2, -0.15) is 5.10 Å². The van der Waals surface area contributed by atoms with Gasteiger partial charge in [-0.3, -0.25) is 0 Å². The molecule has 0 radical (unpaired) electrons. The lowest BCUT2D eigenvalue weighted by Crippen LogP contribution is -2.41. The summed E-state index contributed by atoms with van der Waals surface area (Å²) in [6.45, 7) is 15.0. The van der Waals surface area contributed by atoms with Crippen LogP contribution in [0.2, 0.25) is 0 Å². The lowest BCUT2D eigenvalue weighted by molar-refractivity contribution is -0.117. The molecule has 1 unspecified atom stereocenters. The third-order valence-corrected chi connectivity index (χ3v) is 4.33. The molecule has 0 bridgehead atoms. The fourth-order valence-corrected chi connectivity index (χ4v) is 2.12. The highest BCUT2D eigenvalue weighted by atomic mass is 16.1. The van der Waals surface area contributed by atoms with E-state index in [1.54, 1.807) is 6.92 Å². The second-order valence-corrected chi connectivity index (χ2v) is 7.13. The highest BCUT2D eigenvalue weighted by Crippen LogP contribution is 2.27. The average molecular weight is 296 g/mol. The summed E-state index contributed by atoms with van der Waals surface area (Å²) in [5.41, 5.74) is 4.76. The van der Waals surface area contributed by atoms with Crippen molar-refractivity contribution in [3.8, 4) is 0 Å². The minimum absolute atomic E-state index is 0.194. The van der Waals surface area contributed by atoms with E-state index in [9.17, 15) is 4.79 Å². The number of hydrogen-bond acceptors (Lipinski definition) is 3. The van der Waals surface area contributed by atoms with Gasteiger partial charge >= 0.3 is 0 Å². The number of hydrogen-bond donors (Lipinski definition) is 1. The lowest BCUT2D eigenvalue weighted by atomic mass is 9.83. The van der Waals surface area contributed by atoms with E-state index in [1.807, 2.05) is 0 Å². The van der Waals surface area contributed by atoms with Gasteiger partial charge in [-0.1, -0.05) is 53.9 Å². The van der Waals surface area contributed by atoms with Crippen LogP contribution in [0.15, 0.2) is 5.10 Å². The topological polar surface area (TPSA) is 41.5 Å². The molecular weight excluding hydrogens is 260 g/mol. The van der Waals surface area contributed by atoms with Crippen molar-refractivity contribution >= 4 is 11.5 Å². The van der Waals surface area contributed by atoms with Crippen molar-refractivity contribution in [3.05, 3.63) is 0 Å². The quantitative estimate of drug-likeness (QED) is 0.675. The summed E-state index contributed by atoms with van der Waals surface area (Å²) < 4.78 is 0. The van der Waals surface area contributed by atoms with E-state index in [0.717, 1.165) is 19.3 Å². The molecule has 3 nitrogen and oxygen atoms in total. The molecule has 1 aliphatic rings. The van der Waals surface area contributed by atoms with Crippen LogP contribution in [0.25, 0.3) is 0 Å². The molecule has 0 saturated carbocycles. The summed E-state index contributed by atoms with van der Waals surface area (Å²) in [7, 11) is 0. The van der Waals surface area contributed by atoms with Gasteiger partial charge in [0.05, 0.1) is 5.54 Å². The zero-order valence-corrected chi connectivity index (χ0v) is 15.3. The van der Waals surface area contributed by atoms with Gasteiger partial charge in [-0.25, -0.2) is 0 Å². The van der Waals surface area contributed by atoms with Crippen molar-refractivity contribution < 1.29 is 4.79 Å². The molecule has 0 amide bonds. The SMILES string of the molecule is CC(C)C1=NNC(C)(C(C)C)C1.CCCCCCC(C)=O. The summed E-state index contributed by atoms with van der Waals surface area (Å²) in [5, 5.41) is 4.38. The minimum Gasteiger partial charge on any atom is -0.304 e. The van der Waals surface area contributed by atoms with Gasteiger partial charge in [0.25, 0.3) is 0 Å². The third kappa shape index (κ3) is 8.23. The summed E-state index contributed by atoms with van der Waals surface area (Å²) in [5.74, 6) is 1.54. The Morgan fingerprint density at radius 2 is 1.86 bits per heavy atom. The van der Waals surface area contributed by atoms with Crippen molar-refractivity contribution in [1.29, 1.82) is 0 Å². The molecule has 0 aromatic carbocycles. The molecule has 0 fully saturated rings. The highest BCUT2D eigenvalue weighted by molar-refractivity contribution is 5.88. The van der Waals surface area contributed by atoms with Crippen LogP contribution < -0.4 is 5.43 Å². The highest BCUT2D eigenvalue weighted by Gasteiger charge is 2.34. The van der Waals surface area contributed by atoms with Gasteiger partial charge < -0.3 is 10.2 Å². The molecule has 0 aliphatic carbocycles. The Morgan fingerprint density at radius 1 is 1.24 bits per heavy atom. The molecule has 124 valence electrons. The minimum atomic E-state index is 0.194. The Morgan fingerprint density at radius 3 is 2.19 bits per heavy atom. The Balaban J connectivity index is 0.000000400. The fourth-order valence-electron chi connectivity index (χ4n) is 2.12. The first-order valence-corrected chi connectivity index (χ1v) is 8.56. The summed E-state index contributed by atoms with van der Waals surface area (Å²) in [6, 6.07) is 0. The summed E-state index contributed by atoms with van der Waals surface area (Å²) in [4.78, 5) is 10.4. The van der Waals surface area contributed by atoms with Crippen molar-refractivity contribution in [2.24, 2.45) is 16.9 Å². The molecule has 1 heterocycles. The van der Waals surface area contributed by atoms with E-state index in [1.165, 1.54) is 25.0 Å². The second-order valence-electron chi connectivity index (χ2n) is 7.13. The zero-order valence-electron chi connectivity index (χ0n) is 15.3. The van der Waals surface area contributed by atoms with Gasteiger partial charge in [-0.05, 0) is 32.1 Å². The first-order valence-electron chi connectivity index (χ1n) is 8.56. The molecule has 21 heavy (non-hydrogen) atoms. The van der Waals surface area contributed by atoms with Crippen LogP contribution in [0.5, 0.6) is 0 Å². The molecule has 0 aromatic rings. The predicted octanol–water partition coefficient (Wildman–Crippen LogP) is 4.95. The van der Waals surface area contributed by atoms with Crippen molar-refractivity contribution in [2.75, 3.05) is 0 Å². The fraction of sp³-hybridized carbons (Fsp3) is 0.889. The summed E-state index contributed by atoms with van der Waals surface area (Å²) in [6.07, 6.45) is 6.70. The Kier molecular flexibility index (Phi) is 9.56. The number of nitrogens with one attached hydrogen (secondary N) is 1. The van der Waals surface area contributed by atoms with Gasteiger partial charge in [0.2, 0.25) is 0 Å². The Bertz CT molecular complexity index is 334. The van der Waals surface area contributed by atoms with E-state index < -0.39 is 0 Å². The maximum absolute atomic E-state index is 10.4. The van der Waals surface area contributed by atoms with E-state index in [-0.39, 0.29) is 5.54 Å². The number of unbranched alkanes of at least 4 members (excludes halogenated alkanes) is 3. The molecule has 1 rings (SSSR count). The lowest BCUT2D eigenvalue weighted by Gasteiger charge is -2.28. The average Bonchev–Trinajstić information content (AvgIpc) is 2.80. The van der Waals surface area contributed by atoms with Crippen LogP contribution in [-0.2, 0) is 4.79 Å². The van der Waals surface area contributed by atoms with Crippen LogP contribution >= 0.6 is 0 Å². The van der Waals surface area contributed by atoms with Gasteiger partial charge in [0, 0.05) is 18.6 Å². The number of carbonyl (C=O) groups excluding carboxylic acids is 1. The van der Waals surface area contributed by atoms with E-state index in [2.05, 4.69) is 52.1 Å². The normalized spacial score (nSPS) is 20.9. The Hall–Kier alpha value is -0.860. The second kappa shape index (κ2) is 9.97. The van der Waals surface area contributed by atoms with E-state index in [4.69, 9.17) is 0 Å². The molecule has 1 aliphatic heterocycles. The van der Waals surface area contributed by atoms with Crippen molar-refractivity contribution in [2.45, 2.75) is 92.5 Å². The van der Waals surface area contributed by atoms with E-state index >= 15 is 0 Å². The molecule has 0 aromatic heterocycles. The van der Waals surface area contributed by atoms with Crippen LogP contribution in [0.1, 0.15) is 87.0 Å². The van der Waals surface area contributed by atoms with Crippen molar-refractivity contribution in [1.82, 2.24) is 5.43 Å². The number of Topliss-reactive ketones (excluding diaryl/α,β-unsaturated/α-hetero) is 1. The van der Waals surface area contributed by atoms with E-state index in [0.29, 0.717) is 17.6 Å². The van der Waals surface area contributed by atoms with Gasteiger partial charge in [0.1, 0.15) is 5.78 Å². The van der Waals surface area contributed by atoms with Crippen molar-refractivity contribution in [3.63, 3.8) is 0 Å². The standard InChI is InChI=1S/C10H20N2.C8H16O/c1-7(2)9-6-10(5,8(3)4)12-11-9;1-3-4-5-6-7-8(2)9/h7-8,12H,6H2,1-5H3;3-7H2,1-2H3. The van der Waals surface area contributed by atoms with Crippen LogP contribution in [-0.4, -0.2) is 17.0 Å².